The van der Waals surface area contributed by atoms with E-state index in [1.165, 1.54) is 31.4 Å². The van der Waals surface area contributed by atoms with Gasteiger partial charge in [-0.2, -0.15) is 13.2 Å². The first-order chi connectivity index (χ1) is 16.4. The number of anilines is 1. The zero-order chi connectivity index (χ0) is 26.0. The first-order valence-electron chi connectivity index (χ1n) is 11.4. The summed E-state index contributed by atoms with van der Waals surface area (Å²) in [5.74, 6) is -4.43. The molecule has 35 heavy (non-hydrogen) atoms. The number of benzene rings is 2. The third kappa shape index (κ3) is 6.12. The highest BCUT2D eigenvalue weighted by Gasteiger charge is 2.45. The van der Waals surface area contributed by atoms with E-state index in [-0.39, 0.29) is 34.6 Å². The molecule has 0 bridgehead atoms. The molecule has 1 fully saturated rings. The fourth-order valence-corrected chi connectivity index (χ4v) is 4.90. The Hall–Kier alpha value is -2.25. The molecule has 3 atom stereocenters. The van der Waals surface area contributed by atoms with Crippen molar-refractivity contribution in [2.75, 3.05) is 12.4 Å². The Labute approximate surface area is 213 Å². The molecule has 1 N–H and O–H groups in total. The quantitative estimate of drug-likeness (QED) is 0.359. The summed E-state index contributed by atoms with van der Waals surface area (Å²) in [4.78, 5) is 25.4. The van der Waals surface area contributed by atoms with Gasteiger partial charge < -0.3 is 10.1 Å². The molecule has 0 aliphatic heterocycles. The van der Waals surface area contributed by atoms with Crippen molar-refractivity contribution in [1.82, 2.24) is 0 Å². The number of methoxy groups -OCH3 is 1. The molecule has 0 radical (unpaired) electrons. The van der Waals surface area contributed by atoms with Gasteiger partial charge in [-0.15, -0.1) is 0 Å². The van der Waals surface area contributed by atoms with Gasteiger partial charge in [0.2, 0.25) is 5.91 Å². The molecule has 190 valence electrons. The molecule has 2 aromatic carbocycles. The van der Waals surface area contributed by atoms with Crippen LogP contribution in [0, 0.1) is 11.8 Å². The molecule has 0 saturated heterocycles. The molecule has 0 aromatic heterocycles. The Morgan fingerprint density at radius 1 is 1.11 bits per heavy atom. The average molecular weight is 530 g/mol. The zero-order valence-electron chi connectivity index (χ0n) is 19.7. The van der Waals surface area contributed by atoms with Gasteiger partial charge in [0.25, 0.3) is 0 Å². The largest absolute Gasteiger partial charge is 0.469 e. The van der Waals surface area contributed by atoms with E-state index < -0.39 is 29.3 Å². The second-order valence-electron chi connectivity index (χ2n) is 9.34. The van der Waals surface area contributed by atoms with E-state index in [0.29, 0.717) is 5.02 Å². The molecule has 2 aromatic rings. The van der Waals surface area contributed by atoms with Gasteiger partial charge in [-0.1, -0.05) is 61.7 Å². The van der Waals surface area contributed by atoms with Gasteiger partial charge >= 0.3 is 12.1 Å². The second kappa shape index (κ2) is 10.8. The molecule has 1 aliphatic carbocycles. The minimum Gasteiger partial charge on any atom is -0.469 e. The van der Waals surface area contributed by atoms with E-state index in [2.05, 4.69) is 5.32 Å². The van der Waals surface area contributed by atoms with E-state index >= 15 is 0 Å². The van der Waals surface area contributed by atoms with Crippen LogP contribution in [0.3, 0.4) is 0 Å². The molecule has 1 aliphatic rings. The van der Waals surface area contributed by atoms with Gasteiger partial charge in [-0.25, -0.2) is 0 Å². The fourth-order valence-electron chi connectivity index (χ4n) is 4.61. The number of halogens is 5. The molecule has 0 heterocycles. The van der Waals surface area contributed by atoms with Crippen molar-refractivity contribution >= 4 is 40.8 Å². The summed E-state index contributed by atoms with van der Waals surface area (Å²) in [6, 6.07) is 10.8. The highest BCUT2D eigenvalue weighted by atomic mass is 35.5. The molecule has 9 heteroatoms. The van der Waals surface area contributed by atoms with E-state index in [9.17, 15) is 22.8 Å². The highest BCUT2D eigenvalue weighted by Crippen LogP contribution is 2.47. The number of carbonyl (C=O) groups is 2. The predicted molar refractivity (Wildman–Crippen MR) is 131 cm³/mol. The van der Waals surface area contributed by atoms with Crippen LogP contribution < -0.4 is 5.32 Å². The van der Waals surface area contributed by atoms with Gasteiger partial charge in [-0.3, -0.25) is 9.59 Å². The summed E-state index contributed by atoms with van der Waals surface area (Å²) in [5.41, 5.74) is 0.579. The van der Waals surface area contributed by atoms with Gasteiger partial charge in [0.1, 0.15) is 0 Å². The maximum atomic E-state index is 13.7. The number of ether oxygens (including phenoxy) is 1. The summed E-state index contributed by atoms with van der Waals surface area (Å²) in [7, 11) is 1.33. The molecule has 0 spiro atoms. The van der Waals surface area contributed by atoms with Crippen LogP contribution in [0.1, 0.15) is 56.6 Å². The number of nitrogens with one attached hydrogen (secondary N) is 1. The van der Waals surface area contributed by atoms with Crippen LogP contribution in [0.25, 0.3) is 0 Å². The first kappa shape index (κ1) is 27.3. The van der Waals surface area contributed by atoms with Crippen LogP contribution in [0.15, 0.2) is 42.5 Å². The van der Waals surface area contributed by atoms with E-state index in [1.807, 2.05) is 6.92 Å². The number of alkyl halides is 3. The van der Waals surface area contributed by atoms with E-state index in [0.717, 1.165) is 31.7 Å². The predicted octanol–water partition coefficient (Wildman–Crippen LogP) is 7.54. The number of carbonyl (C=O) groups excluding carboxylic acids is 2. The lowest BCUT2D eigenvalue weighted by Crippen LogP contribution is -2.39. The van der Waals surface area contributed by atoms with Crippen molar-refractivity contribution in [2.24, 2.45) is 11.8 Å². The molecule has 1 saturated carbocycles. The number of esters is 1. The number of rotatable bonds is 8. The Morgan fingerprint density at radius 2 is 1.74 bits per heavy atom. The van der Waals surface area contributed by atoms with Gasteiger partial charge in [-0.05, 0) is 54.2 Å². The van der Waals surface area contributed by atoms with Crippen LogP contribution in [-0.4, -0.2) is 25.2 Å². The van der Waals surface area contributed by atoms with E-state index in [1.54, 1.807) is 18.2 Å². The Bertz CT molecular complexity index is 1070. The summed E-state index contributed by atoms with van der Waals surface area (Å²) in [5, 5.41) is 3.15. The summed E-state index contributed by atoms with van der Waals surface area (Å²) in [6.45, 7) is 2.94. The minimum atomic E-state index is -4.60. The lowest BCUT2D eigenvalue weighted by Gasteiger charge is -2.43. The molecule has 3 unspecified atom stereocenters. The molecular weight excluding hydrogens is 502 g/mol. The third-order valence-electron chi connectivity index (χ3n) is 7.16. The van der Waals surface area contributed by atoms with Crippen LogP contribution in [0.5, 0.6) is 0 Å². The van der Waals surface area contributed by atoms with Crippen molar-refractivity contribution in [3.05, 3.63) is 63.6 Å². The molecular formula is C26H28Cl2F3NO3. The SMILES string of the molecule is COC(=O)CC(C)(c1ccc(Cl)c(NC(=O)C(c2ccc(Cl)cc2)C(C)C(F)(F)F)c1)C1CCC1. The first-order valence-corrected chi connectivity index (χ1v) is 12.1. The normalized spacial score (nSPS) is 17.6. The minimum absolute atomic E-state index is 0.141. The third-order valence-corrected chi connectivity index (χ3v) is 7.74. The number of hydrogen-bond donors (Lipinski definition) is 1. The Balaban J connectivity index is 1.96. The van der Waals surface area contributed by atoms with E-state index in [4.69, 9.17) is 27.9 Å². The molecule has 4 nitrogen and oxygen atoms in total. The maximum Gasteiger partial charge on any atom is 0.392 e. The van der Waals surface area contributed by atoms with Gasteiger partial charge in [0, 0.05) is 10.4 Å². The molecule has 1 amide bonds. The van der Waals surface area contributed by atoms with Crippen molar-refractivity contribution in [3.8, 4) is 0 Å². The fraction of sp³-hybridized carbons (Fsp3) is 0.462. The highest BCUT2D eigenvalue weighted by molar-refractivity contribution is 6.33. The smallest absolute Gasteiger partial charge is 0.392 e. The lowest BCUT2D eigenvalue weighted by molar-refractivity contribution is -0.178. The maximum absolute atomic E-state index is 13.7. The van der Waals surface area contributed by atoms with Gasteiger partial charge in [0.15, 0.2) is 0 Å². The standard InChI is InChI=1S/C26H28Cl2F3NO3/c1-15(26(29,30)31)23(16-7-10-19(27)11-8-16)24(34)32-21-13-18(9-12-20(21)28)25(2,14-22(33)35-3)17-5-4-6-17/h7-13,15,17,23H,4-6,14H2,1-3H3,(H,32,34). The van der Waals surface area contributed by atoms with Crippen molar-refractivity contribution in [1.29, 1.82) is 0 Å². The molecule has 3 rings (SSSR count). The van der Waals surface area contributed by atoms with Crippen molar-refractivity contribution in [2.45, 2.75) is 57.0 Å². The topological polar surface area (TPSA) is 55.4 Å². The van der Waals surface area contributed by atoms with Crippen molar-refractivity contribution < 1.29 is 27.5 Å². The Kier molecular flexibility index (Phi) is 8.43. The summed E-state index contributed by atoms with van der Waals surface area (Å²) >= 11 is 12.2. The van der Waals surface area contributed by atoms with Gasteiger partial charge in [0.05, 0.1) is 36.1 Å². The summed E-state index contributed by atoms with van der Waals surface area (Å²) in [6.07, 6.45) is -1.52. The lowest BCUT2D eigenvalue weighted by atomic mass is 9.61. The zero-order valence-corrected chi connectivity index (χ0v) is 21.2. The Morgan fingerprint density at radius 3 is 2.26 bits per heavy atom. The van der Waals surface area contributed by atoms with Crippen LogP contribution >= 0.6 is 23.2 Å². The summed E-state index contributed by atoms with van der Waals surface area (Å²) < 4.78 is 45.9. The van der Waals surface area contributed by atoms with Crippen molar-refractivity contribution in [3.63, 3.8) is 0 Å². The number of amides is 1. The van der Waals surface area contributed by atoms with Crippen LogP contribution in [0.2, 0.25) is 10.0 Å². The average Bonchev–Trinajstić information content (AvgIpc) is 2.74. The number of hydrogen-bond acceptors (Lipinski definition) is 3. The monoisotopic (exact) mass is 529 g/mol. The van der Waals surface area contributed by atoms with Crippen LogP contribution in [-0.2, 0) is 19.7 Å². The second-order valence-corrected chi connectivity index (χ2v) is 10.2. The van der Waals surface area contributed by atoms with Crippen LogP contribution in [0.4, 0.5) is 18.9 Å².